The Kier molecular flexibility index (Phi) is 5.43. The fraction of sp³-hybridized carbons (Fsp3) is 0.375. The Morgan fingerprint density at radius 2 is 2.03 bits per heavy atom. The molecule has 4 saturated heterocycles. The van der Waals surface area contributed by atoms with E-state index in [2.05, 4.69) is 45.7 Å². The third-order valence-electron chi connectivity index (χ3n) is 6.78. The van der Waals surface area contributed by atoms with Crippen molar-refractivity contribution in [3.63, 3.8) is 0 Å². The molecule has 2 aromatic rings. The number of benzene rings is 2. The summed E-state index contributed by atoms with van der Waals surface area (Å²) >= 11 is 8.59. The van der Waals surface area contributed by atoms with Gasteiger partial charge in [-0.1, -0.05) is 47.5 Å². The number of ether oxygens (including phenoxy) is 1. The molecule has 150 valence electrons. The fourth-order valence-electron chi connectivity index (χ4n) is 5.44. The van der Waals surface area contributed by atoms with Crippen molar-refractivity contribution >= 4 is 46.2 Å². The number of hydrogen-bond acceptors (Lipinski definition) is 3. The van der Waals surface area contributed by atoms with Crippen LogP contribution in [0.15, 0.2) is 54.1 Å². The highest BCUT2D eigenvalue weighted by atomic mass is 127. The minimum Gasteiger partial charge on any atom is -0.462 e. The van der Waals surface area contributed by atoms with E-state index in [0.29, 0.717) is 36.1 Å². The molecule has 6 rings (SSSR count). The number of hydrogen-bond donors (Lipinski definition) is 0. The van der Waals surface area contributed by atoms with Gasteiger partial charge in [-0.25, -0.2) is 4.79 Å². The van der Waals surface area contributed by atoms with Gasteiger partial charge in [0.1, 0.15) is 0 Å². The van der Waals surface area contributed by atoms with Crippen LogP contribution >= 0.6 is 34.2 Å². The topological polar surface area (TPSA) is 29.5 Å². The van der Waals surface area contributed by atoms with Gasteiger partial charge in [0.2, 0.25) is 0 Å². The third kappa shape index (κ3) is 3.75. The average molecular weight is 520 g/mol. The van der Waals surface area contributed by atoms with Crippen molar-refractivity contribution in [3.8, 4) is 0 Å². The Balaban J connectivity index is 1.36. The highest BCUT2D eigenvalue weighted by Crippen LogP contribution is 2.50. The van der Waals surface area contributed by atoms with Crippen LogP contribution in [0, 0.1) is 15.4 Å². The molecule has 0 aromatic heterocycles. The van der Waals surface area contributed by atoms with Crippen LogP contribution in [0.1, 0.15) is 35.2 Å². The highest BCUT2D eigenvalue weighted by Gasteiger charge is 2.52. The molecule has 4 aliphatic rings. The number of carbonyl (C=O) groups excluding carboxylic acids is 1. The predicted octanol–water partition coefficient (Wildman–Crippen LogP) is 5.67. The van der Waals surface area contributed by atoms with E-state index in [4.69, 9.17) is 16.3 Å². The Labute approximate surface area is 190 Å². The van der Waals surface area contributed by atoms with Gasteiger partial charge in [-0.15, -0.1) is 0 Å². The van der Waals surface area contributed by atoms with Crippen LogP contribution in [-0.2, 0) is 4.74 Å². The summed E-state index contributed by atoms with van der Waals surface area (Å²) in [6.07, 6.45) is 5.97. The molecule has 4 bridgehead atoms. The van der Waals surface area contributed by atoms with E-state index >= 15 is 0 Å². The summed E-state index contributed by atoms with van der Waals surface area (Å²) in [6, 6.07) is 16.8. The lowest BCUT2D eigenvalue weighted by atomic mass is 9.71. The maximum absolute atomic E-state index is 12.5. The molecule has 5 atom stereocenters. The van der Waals surface area contributed by atoms with Crippen LogP contribution in [0.5, 0.6) is 0 Å². The molecule has 29 heavy (non-hydrogen) atoms. The smallest absolute Gasteiger partial charge is 0.338 e. The second-order valence-corrected chi connectivity index (χ2v) is 9.90. The number of nitrogens with zero attached hydrogens (tertiary/aromatic N) is 1. The number of piperidine rings is 3. The van der Waals surface area contributed by atoms with E-state index in [1.807, 2.05) is 36.4 Å². The highest BCUT2D eigenvalue weighted by molar-refractivity contribution is 14.1. The summed E-state index contributed by atoms with van der Waals surface area (Å²) in [7, 11) is 0. The van der Waals surface area contributed by atoms with Crippen LogP contribution in [0.25, 0.3) is 6.08 Å². The lowest BCUT2D eigenvalue weighted by molar-refractivity contribution is -0.0150. The van der Waals surface area contributed by atoms with E-state index < -0.39 is 0 Å². The summed E-state index contributed by atoms with van der Waals surface area (Å²) < 4.78 is 6.86. The van der Waals surface area contributed by atoms with Gasteiger partial charge in [0.05, 0.1) is 17.2 Å². The van der Waals surface area contributed by atoms with Crippen molar-refractivity contribution in [3.05, 3.63) is 73.8 Å². The number of esters is 1. The van der Waals surface area contributed by atoms with Gasteiger partial charge >= 0.3 is 5.97 Å². The average Bonchev–Trinajstić information content (AvgIpc) is 3.06. The first-order chi connectivity index (χ1) is 14.1. The second kappa shape index (κ2) is 8.05. The Morgan fingerprint density at radius 3 is 2.83 bits per heavy atom. The first kappa shape index (κ1) is 19.6. The minimum absolute atomic E-state index is 0.216. The Hall–Kier alpha value is -1.37. The summed E-state index contributed by atoms with van der Waals surface area (Å²) in [4.78, 5) is 15.1. The first-order valence-electron chi connectivity index (χ1n) is 10.2. The standard InChI is InChI=1S/C24H23ClINO2/c25-21-11-15(6-8-22(21)26)10-17-13-27-18-7-9-23(27)20(19(17)12-18)14-29-24(28)16-4-2-1-3-5-16/h1-6,8,10-11,18-20,23H,7,9,12-14H2/b17-10+/t18-,19+,20-,23+/m0/s1. The minimum atomic E-state index is -0.216. The Bertz CT molecular complexity index is 961. The van der Waals surface area contributed by atoms with Crippen molar-refractivity contribution in [2.75, 3.05) is 13.2 Å². The SMILES string of the molecule is O=C(OC[C@H]1[C@@H]2C[C@@H]3CC[C@H]1N3C/C2=C\c1ccc(I)c(Cl)c1)c1ccccc1. The molecule has 5 heteroatoms. The summed E-state index contributed by atoms with van der Waals surface area (Å²) in [5, 5.41) is 0.801. The Morgan fingerprint density at radius 1 is 1.21 bits per heavy atom. The van der Waals surface area contributed by atoms with Crippen LogP contribution in [0.4, 0.5) is 0 Å². The maximum atomic E-state index is 12.5. The first-order valence-corrected chi connectivity index (χ1v) is 11.7. The van der Waals surface area contributed by atoms with Crippen molar-refractivity contribution in [2.24, 2.45) is 11.8 Å². The number of fused-ring (bicyclic) bond motifs is 1. The lowest BCUT2D eigenvalue weighted by Crippen LogP contribution is -2.57. The van der Waals surface area contributed by atoms with Gasteiger partial charge in [0.25, 0.3) is 0 Å². The van der Waals surface area contributed by atoms with Crippen molar-refractivity contribution < 1.29 is 9.53 Å². The molecule has 2 aromatic carbocycles. The largest absolute Gasteiger partial charge is 0.462 e. The van der Waals surface area contributed by atoms with E-state index in [1.54, 1.807) is 0 Å². The van der Waals surface area contributed by atoms with E-state index in [9.17, 15) is 4.79 Å². The normalized spacial score (nSPS) is 31.2. The summed E-state index contributed by atoms with van der Waals surface area (Å²) in [6.45, 7) is 1.53. The second-order valence-electron chi connectivity index (χ2n) is 8.33. The van der Waals surface area contributed by atoms with Gasteiger partial charge in [0, 0.05) is 28.1 Å². The zero-order chi connectivity index (χ0) is 20.0. The van der Waals surface area contributed by atoms with Crippen LogP contribution < -0.4 is 0 Å². The molecular weight excluding hydrogens is 497 g/mol. The van der Waals surface area contributed by atoms with Crippen molar-refractivity contribution in [2.45, 2.75) is 31.3 Å². The van der Waals surface area contributed by atoms with Gasteiger partial charge in [-0.2, -0.15) is 0 Å². The molecule has 4 heterocycles. The van der Waals surface area contributed by atoms with Crippen LogP contribution in [0.3, 0.4) is 0 Å². The number of carbonyl (C=O) groups is 1. The molecule has 0 radical (unpaired) electrons. The summed E-state index contributed by atoms with van der Waals surface area (Å²) in [5.41, 5.74) is 3.24. The molecule has 0 N–H and O–H groups in total. The van der Waals surface area contributed by atoms with Gasteiger partial charge in [-0.3, -0.25) is 4.90 Å². The monoisotopic (exact) mass is 519 g/mol. The third-order valence-corrected chi connectivity index (χ3v) is 8.35. The van der Waals surface area contributed by atoms with E-state index in [1.165, 1.54) is 24.8 Å². The van der Waals surface area contributed by atoms with Gasteiger partial charge in [0.15, 0.2) is 0 Å². The molecule has 0 amide bonds. The molecule has 0 spiro atoms. The van der Waals surface area contributed by atoms with Crippen molar-refractivity contribution in [1.82, 2.24) is 4.90 Å². The molecule has 4 aliphatic heterocycles. The number of rotatable bonds is 4. The maximum Gasteiger partial charge on any atom is 0.338 e. The molecule has 3 nitrogen and oxygen atoms in total. The molecule has 1 unspecified atom stereocenters. The van der Waals surface area contributed by atoms with Crippen LogP contribution in [0.2, 0.25) is 5.02 Å². The molecular formula is C24H23ClINO2. The van der Waals surface area contributed by atoms with Gasteiger partial charge in [-0.05, 0) is 77.6 Å². The molecule has 0 saturated carbocycles. The molecule has 4 fully saturated rings. The van der Waals surface area contributed by atoms with Crippen LogP contribution in [-0.4, -0.2) is 36.1 Å². The summed E-state index contributed by atoms with van der Waals surface area (Å²) in [5.74, 6) is 0.645. The van der Waals surface area contributed by atoms with Crippen molar-refractivity contribution in [1.29, 1.82) is 0 Å². The zero-order valence-corrected chi connectivity index (χ0v) is 19.0. The number of halogens is 2. The zero-order valence-electron chi connectivity index (χ0n) is 16.1. The van der Waals surface area contributed by atoms with E-state index in [-0.39, 0.29) is 5.97 Å². The van der Waals surface area contributed by atoms with E-state index in [0.717, 1.165) is 20.7 Å². The van der Waals surface area contributed by atoms with Gasteiger partial charge < -0.3 is 4.74 Å². The fourth-order valence-corrected chi connectivity index (χ4v) is 5.97. The quantitative estimate of drug-likeness (QED) is 0.385. The predicted molar refractivity (Wildman–Crippen MR) is 124 cm³/mol. The molecule has 0 aliphatic carbocycles. The lowest BCUT2D eigenvalue weighted by Gasteiger charge is -2.51.